The van der Waals surface area contributed by atoms with Crippen molar-refractivity contribution in [3.05, 3.63) is 29.3 Å². The number of halogens is 1. The van der Waals surface area contributed by atoms with E-state index in [0.717, 1.165) is 30.8 Å². The molecule has 0 unspecified atom stereocenters. The van der Waals surface area contributed by atoms with Gasteiger partial charge >= 0.3 is 0 Å². The van der Waals surface area contributed by atoms with Gasteiger partial charge < -0.3 is 15.4 Å². The first-order chi connectivity index (χ1) is 11.4. The molecule has 0 aromatic heterocycles. The van der Waals surface area contributed by atoms with Gasteiger partial charge in [-0.1, -0.05) is 12.1 Å². The molecule has 2 N–H and O–H groups in total. The highest BCUT2D eigenvalue weighted by atomic mass is 127. The van der Waals surface area contributed by atoms with Crippen molar-refractivity contribution in [2.75, 3.05) is 38.8 Å². The number of aryl methyl sites for hydroxylation is 1. The van der Waals surface area contributed by atoms with E-state index in [2.05, 4.69) is 27.8 Å². The highest BCUT2D eigenvalue weighted by molar-refractivity contribution is 14.0. The van der Waals surface area contributed by atoms with E-state index < -0.39 is 9.84 Å². The molecule has 0 saturated heterocycles. The Morgan fingerprint density at radius 1 is 1.28 bits per heavy atom. The van der Waals surface area contributed by atoms with Crippen LogP contribution < -0.4 is 15.4 Å². The lowest BCUT2D eigenvalue weighted by Crippen LogP contribution is -2.38. The normalized spacial score (nSPS) is 11.6. The Bertz CT molecular complexity index is 649. The zero-order valence-corrected chi connectivity index (χ0v) is 18.6. The molecule has 25 heavy (non-hydrogen) atoms. The molecule has 0 saturated carbocycles. The molecule has 1 aromatic rings. The Morgan fingerprint density at radius 2 is 2.00 bits per heavy atom. The second-order valence-corrected chi connectivity index (χ2v) is 7.98. The number of nitrogens with one attached hydrogen (secondary N) is 2. The molecule has 0 atom stereocenters. The lowest BCUT2D eigenvalue weighted by Gasteiger charge is -2.12. The quantitative estimate of drug-likeness (QED) is 0.244. The van der Waals surface area contributed by atoms with Crippen LogP contribution >= 0.6 is 24.0 Å². The fourth-order valence-corrected chi connectivity index (χ4v) is 2.86. The van der Waals surface area contributed by atoms with Gasteiger partial charge in [0.25, 0.3) is 0 Å². The second kappa shape index (κ2) is 12.3. The summed E-state index contributed by atoms with van der Waals surface area (Å²) < 4.78 is 27.6. The minimum atomic E-state index is -2.92. The molecule has 1 aromatic carbocycles. The molecule has 0 aliphatic rings. The third-order valence-corrected chi connectivity index (χ3v) is 4.50. The molecule has 0 fully saturated rings. The van der Waals surface area contributed by atoms with Gasteiger partial charge in [-0.15, -0.1) is 24.0 Å². The zero-order chi connectivity index (χ0) is 18.0. The fraction of sp³-hybridized carbons (Fsp3) is 0.588. The van der Waals surface area contributed by atoms with Crippen molar-refractivity contribution < 1.29 is 13.2 Å². The van der Waals surface area contributed by atoms with Crippen molar-refractivity contribution in [1.82, 2.24) is 10.6 Å². The summed E-state index contributed by atoms with van der Waals surface area (Å²) in [5, 5.41) is 6.43. The number of benzene rings is 1. The summed E-state index contributed by atoms with van der Waals surface area (Å²) >= 11 is 0. The second-order valence-electron chi connectivity index (χ2n) is 5.72. The first-order valence-corrected chi connectivity index (χ1v) is 10.2. The van der Waals surface area contributed by atoms with Gasteiger partial charge in [0.1, 0.15) is 15.6 Å². The van der Waals surface area contributed by atoms with Crippen molar-refractivity contribution in [2.24, 2.45) is 4.99 Å². The molecule has 0 bridgehead atoms. The van der Waals surface area contributed by atoms with E-state index in [0.29, 0.717) is 18.9 Å². The monoisotopic (exact) mass is 483 g/mol. The van der Waals surface area contributed by atoms with E-state index in [1.54, 1.807) is 7.11 Å². The number of nitrogens with zero attached hydrogens (tertiary/aromatic N) is 1. The summed E-state index contributed by atoms with van der Waals surface area (Å²) in [5.41, 5.74) is 2.31. The molecule has 8 heteroatoms. The van der Waals surface area contributed by atoms with Crippen LogP contribution in [0.4, 0.5) is 0 Å². The number of methoxy groups -OCH3 is 1. The summed E-state index contributed by atoms with van der Waals surface area (Å²) in [4.78, 5) is 4.40. The molecule has 1 rings (SSSR count). The molecule has 0 radical (unpaired) electrons. The van der Waals surface area contributed by atoms with E-state index in [9.17, 15) is 8.42 Å². The van der Waals surface area contributed by atoms with Crippen LogP contribution in [0, 0.1) is 6.92 Å². The van der Waals surface area contributed by atoms with E-state index in [4.69, 9.17) is 4.74 Å². The Hall–Kier alpha value is -1.03. The van der Waals surface area contributed by atoms with Gasteiger partial charge in [-0.25, -0.2) is 8.42 Å². The molecule has 0 aliphatic carbocycles. The number of sulfone groups is 1. The topological polar surface area (TPSA) is 79.8 Å². The molecule has 0 aliphatic heterocycles. The highest BCUT2D eigenvalue weighted by Gasteiger charge is 2.03. The van der Waals surface area contributed by atoms with Crippen molar-refractivity contribution in [3.63, 3.8) is 0 Å². The summed E-state index contributed by atoms with van der Waals surface area (Å²) in [6.45, 7) is 6.01. The SMILES string of the molecule is CCNC(=NCCCS(C)(=O)=O)NCCc1ccc(C)c(OC)c1.I. The number of ether oxygens (including phenoxy) is 1. The van der Waals surface area contributed by atoms with Crippen LogP contribution in [0.5, 0.6) is 5.75 Å². The molecule has 0 heterocycles. The Balaban J connectivity index is 0.00000576. The standard InChI is InChI=1S/C17H29N3O3S.HI/c1-5-18-17(19-10-6-12-24(4,21)22)20-11-9-15-8-7-14(2)16(13-15)23-3;/h7-8,13H,5-6,9-12H2,1-4H3,(H2,18,19,20);1H. The molecule has 144 valence electrons. The molecular weight excluding hydrogens is 453 g/mol. The summed E-state index contributed by atoms with van der Waals surface area (Å²) in [7, 11) is -1.24. The van der Waals surface area contributed by atoms with Gasteiger partial charge in [-0.05, 0) is 43.9 Å². The third kappa shape index (κ3) is 10.5. The van der Waals surface area contributed by atoms with Gasteiger partial charge in [-0.3, -0.25) is 4.99 Å². The minimum Gasteiger partial charge on any atom is -0.496 e. The van der Waals surface area contributed by atoms with Gasteiger partial charge in [-0.2, -0.15) is 0 Å². The van der Waals surface area contributed by atoms with Crippen molar-refractivity contribution in [1.29, 1.82) is 0 Å². The van der Waals surface area contributed by atoms with Crippen LogP contribution in [0.15, 0.2) is 23.2 Å². The van der Waals surface area contributed by atoms with Crippen molar-refractivity contribution >= 4 is 39.8 Å². The predicted molar refractivity (Wildman–Crippen MR) is 115 cm³/mol. The highest BCUT2D eigenvalue weighted by Crippen LogP contribution is 2.18. The van der Waals surface area contributed by atoms with Gasteiger partial charge in [0, 0.05) is 25.9 Å². The lowest BCUT2D eigenvalue weighted by molar-refractivity contribution is 0.411. The maximum atomic E-state index is 11.1. The van der Waals surface area contributed by atoms with Crippen molar-refractivity contribution in [2.45, 2.75) is 26.7 Å². The van der Waals surface area contributed by atoms with Gasteiger partial charge in [0.05, 0.1) is 12.9 Å². The van der Waals surface area contributed by atoms with Crippen LogP contribution in [0.2, 0.25) is 0 Å². The Morgan fingerprint density at radius 3 is 2.60 bits per heavy atom. The minimum absolute atomic E-state index is 0. The first kappa shape index (κ1) is 24.0. The van der Waals surface area contributed by atoms with Crippen molar-refractivity contribution in [3.8, 4) is 5.75 Å². The smallest absolute Gasteiger partial charge is 0.191 e. The van der Waals surface area contributed by atoms with E-state index in [-0.39, 0.29) is 29.7 Å². The van der Waals surface area contributed by atoms with Gasteiger partial charge in [0.15, 0.2) is 5.96 Å². The average molecular weight is 483 g/mol. The van der Waals surface area contributed by atoms with E-state index in [1.807, 2.05) is 19.9 Å². The number of guanidine groups is 1. The molecular formula is C17H30IN3O3S. The maximum absolute atomic E-state index is 11.1. The van der Waals surface area contributed by atoms with Crippen LogP contribution in [0.25, 0.3) is 0 Å². The Labute approximate surface area is 168 Å². The van der Waals surface area contributed by atoms with E-state index >= 15 is 0 Å². The van der Waals surface area contributed by atoms with Crippen LogP contribution in [0.1, 0.15) is 24.5 Å². The summed E-state index contributed by atoms with van der Waals surface area (Å²) in [5.74, 6) is 1.78. The number of aliphatic imine (C=N–C) groups is 1. The fourth-order valence-electron chi connectivity index (χ4n) is 2.20. The summed E-state index contributed by atoms with van der Waals surface area (Å²) in [6.07, 6.45) is 2.63. The Kier molecular flexibility index (Phi) is 11.8. The lowest BCUT2D eigenvalue weighted by atomic mass is 10.1. The van der Waals surface area contributed by atoms with Crippen LogP contribution in [0.3, 0.4) is 0 Å². The largest absolute Gasteiger partial charge is 0.496 e. The third-order valence-electron chi connectivity index (χ3n) is 3.47. The number of hydrogen-bond acceptors (Lipinski definition) is 4. The average Bonchev–Trinajstić information content (AvgIpc) is 2.52. The van der Waals surface area contributed by atoms with E-state index in [1.165, 1.54) is 11.8 Å². The maximum Gasteiger partial charge on any atom is 0.191 e. The molecule has 0 spiro atoms. The predicted octanol–water partition coefficient (Wildman–Crippen LogP) is 2.15. The van der Waals surface area contributed by atoms with Crippen LogP contribution in [-0.2, 0) is 16.3 Å². The first-order valence-electron chi connectivity index (χ1n) is 8.19. The number of rotatable bonds is 9. The summed E-state index contributed by atoms with van der Waals surface area (Å²) in [6, 6.07) is 6.20. The zero-order valence-electron chi connectivity index (χ0n) is 15.5. The number of hydrogen-bond donors (Lipinski definition) is 2. The molecule has 0 amide bonds. The van der Waals surface area contributed by atoms with Gasteiger partial charge in [0.2, 0.25) is 0 Å². The molecule has 6 nitrogen and oxygen atoms in total. The van der Waals surface area contributed by atoms with Crippen LogP contribution in [-0.4, -0.2) is 53.1 Å².